The predicted octanol–water partition coefficient (Wildman–Crippen LogP) is 4.44. The lowest BCUT2D eigenvalue weighted by Crippen LogP contribution is -2.14. The highest BCUT2D eigenvalue weighted by molar-refractivity contribution is 6.32. The summed E-state index contributed by atoms with van der Waals surface area (Å²) < 4.78 is 19.2. The monoisotopic (exact) mass is 307 g/mol. The van der Waals surface area contributed by atoms with Gasteiger partial charge in [0.15, 0.2) is 0 Å². The maximum absolute atomic E-state index is 13.9. The van der Waals surface area contributed by atoms with Crippen molar-refractivity contribution in [2.75, 3.05) is 11.9 Å². The van der Waals surface area contributed by atoms with Gasteiger partial charge in [0, 0.05) is 5.69 Å². The Kier molecular flexibility index (Phi) is 4.81. The minimum absolute atomic E-state index is 0.00000664. The molecule has 0 aromatic heterocycles. The van der Waals surface area contributed by atoms with E-state index in [4.69, 9.17) is 16.3 Å². The zero-order chi connectivity index (χ0) is 15.4. The van der Waals surface area contributed by atoms with Crippen LogP contribution in [0.15, 0.2) is 36.4 Å². The number of amides is 1. The Bertz CT molecular complexity index is 673. The highest BCUT2D eigenvalue weighted by Gasteiger charge is 2.14. The standard InChI is InChI=1S/C16H15ClFNO2/c1-3-21-14-8-7-11(9-13(14)17)19-16(20)12-6-4-5-10(2)15(12)18/h4-9H,3H2,1-2H3,(H,19,20). The average molecular weight is 308 g/mol. The number of rotatable bonds is 4. The Morgan fingerprint density at radius 2 is 2.10 bits per heavy atom. The number of aryl methyl sites for hydroxylation is 1. The fraction of sp³-hybridized carbons (Fsp3) is 0.188. The molecule has 1 N–H and O–H groups in total. The Morgan fingerprint density at radius 3 is 2.76 bits per heavy atom. The molecule has 0 heterocycles. The fourth-order valence-electron chi connectivity index (χ4n) is 1.87. The number of nitrogens with one attached hydrogen (secondary N) is 1. The first-order valence-corrected chi connectivity index (χ1v) is 6.89. The number of ether oxygens (including phenoxy) is 1. The molecule has 0 fully saturated rings. The summed E-state index contributed by atoms with van der Waals surface area (Å²) in [6.07, 6.45) is 0. The molecule has 0 spiro atoms. The summed E-state index contributed by atoms with van der Waals surface area (Å²) in [4.78, 5) is 12.1. The second-order valence-electron chi connectivity index (χ2n) is 4.47. The van der Waals surface area contributed by atoms with Gasteiger partial charge in [-0.3, -0.25) is 4.79 Å². The third kappa shape index (κ3) is 3.52. The molecule has 0 atom stereocenters. The normalized spacial score (nSPS) is 10.3. The van der Waals surface area contributed by atoms with Crippen molar-refractivity contribution in [3.8, 4) is 5.75 Å². The van der Waals surface area contributed by atoms with E-state index >= 15 is 0 Å². The van der Waals surface area contributed by atoms with E-state index in [2.05, 4.69) is 5.32 Å². The molecule has 0 aliphatic rings. The minimum Gasteiger partial charge on any atom is -0.492 e. The van der Waals surface area contributed by atoms with Crippen molar-refractivity contribution in [3.63, 3.8) is 0 Å². The molecule has 21 heavy (non-hydrogen) atoms. The molecular weight excluding hydrogens is 293 g/mol. The molecule has 0 bridgehead atoms. The first kappa shape index (κ1) is 15.3. The van der Waals surface area contributed by atoms with Gasteiger partial charge in [0.1, 0.15) is 11.6 Å². The summed E-state index contributed by atoms with van der Waals surface area (Å²) >= 11 is 6.04. The smallest absolute Gasteiger partial charge is 0.258 e. The highest BCUT2D eigenvalue weighted by atomic mass is 35.5. The van der Waals surface area contributed by atoms with Crippen molar-refractivity contribution in [2.45, 2.75) is 13.8 Å². The molecule has 5 heteroatoms. The minimum atomic E-state index is -0.521. The van der Waals surface area contributed by atoms with Crippen molar-refractivity contribution in [1.82, 2.24) is 0 Å². The number of carbonyl (C=O) groups excluding carboxylic acids is 1. The number of hydrogen-bond acceptors (Lipinski definition) is 2. The second-order valence-corrected chi connectivity index (χ2v) is 4.88. The van der Waals surface area contributed by atoms with Crippen molar-refractivity contribution >= 4 is 23.2 Å². The molecule has 0 saturated carbocycles. The van der Waals surface area contributed by atoms with Crippen LogP contribution < -0.4 is 10.1 Å². The fourth-order valence-corrected chi connectivity index (χ4v) is 2.11. The van der Waals surface area contributed by atoms with Gasteiger partial charge in [0.05, 0.1) is 17.2 Å². The van der Waals surface area contributed by atoms with Crippen molar-refractivity contribution in [2.24, 2.45) is 0 Å². The van der Waals surface area contributed by atoms with E-state index in [1.54, 1.807) is 37.3 Å². The molecule has 0 aliphatic heterocycles. The molecule has 0 aliphatic carbocycles. The number of halogens is 2. The highest BCUT2D eigenvalue weighted by Crippen LogP contribution is 2.28. The van der Waals surface area contributed by atoms with E-state index in [1.807, 2.05) is 6.92 Å². The molecule has 2 rings (SSSR count). The van der Waals surface area contributed by atoms with Crippen molar-refractivity contribution in [1.29, 1.82) is 0 Å². The van der Waals surface area contributed by atoms with Gasteiger partial charge in [-0.2, -0.15) is 0 Å². The Hall–Kier alpha value is -2.07. The molecule has 2 aromatic rings. The van der Waals surface area contributed by atoms with Gasteiger partial charge in [-0.15, -0.1) is 0 Å². The number of benzene rings is 2. The van der Waals surface area contributed by atoms with Gasteiger partial charge in [-0.1, -0.05) is 23.7 Å². The van der Waals surface area contributed by atoms with Crippen LogP contribution in [-0.4, -0.2) is 12.5 Å². The quantitative estimate of drug-likeness (QED) is 0.907. The lowest BCUT2D eigenvalue weighted by atomic mass is 10.1. The third-order valence-electron chi connectivity index (χ3n) is 2.93. The topological polar surface area (TPSA) is 38.3 Å². The van der Waals surface area contributed by atoms with E-state index in [9.17, 15) is 9.18 Å². The summed E-state index contributed by atoms with van der Waals surface area (Å²) in [5.74, 6) is -0.498. The van der Waals surface area contributed by atoms with Gasteiger partial charge in [0.25, 0.3) is 5.91 Å². The van der Waals surface area contributed by atoms with E-state index in [1.165, 1.54) is 6.07 Å². The van der Waals surface area contributed by atoms with Crippen LogP contribution in [0.4, 0.5) is 10.1 Å². The van der Waals surface area contributed by atoms with Crippen LogP contribution in [0.3, 0.4) is 0 Å². The number of carbonyl (C=O) groups is 1. The number of hydrogen-bond donors (Lipinski definition) is 1. The van der Waals surface area contributed by atoms with E-state index in [0.717, 1.165) is 0 Å². The van der Waals surface area contributed by atoms with Crippen LogP contribution in [0, 0.1) is 12.7 Å². The summed E-state index contributed by atoms with van der Waals surface area (Å²) in [6, 6.07) is 9.57. The van der Waals surface area contributed by atoms with Crippen LogP contribution in [0.25, 0.3) is 0 Å². The Morgan fingerprint density at radius 1 is 1.33 bits per heavy atom. The van der Waals surface area contributed by atoms with Crippen LogP contribution in [-0.2, 0) is 0 Å². The molecular formula is C16H15ClFNO2. The first-order chi connectivity index (χ1) is 10.0. The third-order valence-corrected chi connectivity index (χ3v) is 3.22. The molecule has 3 nitrogen and oxygen atoms in total. The number of anilines is 1. The second kappa shape index (κ2) is 6.59. The molecule has 1 amide bonds. The van der Waals surface area contributed by atoms with Crippen molar-refractivity contribution in [3.05, 3.63) is 58.4 Å². The van der Waals surface area contributed by atoms with E-state index < -0.39 is 11.7 Å². The van der Waals surface area contributed by atoms with Crippen LogP contribution >= 0.6 is 11.6 Å². The van der Waals surface area contributed by atoms with Crippen LogP contribution in [0.5, 0.6) is 5.75 Å². The lowest BCUT2D eigenvalue weighted by molar-refractivity contribution is 0.102. The van der Waals surface area contributed by atoms with Gasteiger partial charge >= 0.3 is 0 Å². The molecule has 110 valence electrons. The first-order valence-electron chi connectivity index (χ1n) is 6.51. The van der Waals surface area contributed by atoms with Gasteiger partial charge in [-0.05, 0) is 43.7 Å². The molecule has 0 saturated heterocycles. The van der Waals surface area contributed by atoms with E-state index in [-0.39, 0.29) is 5.56 Å². The lowest BCUT2D eigenvalue weighted by Gasteiger charge is -2.10. The van der Waals surface area contributed by atoms with Crippen molar-refractivity contribution < 1.29 is 13.9 Å². The zero-order valence-electron chi connectivity index (χ0n) is 11.7. The summed E-state index contributed by atoms with van der Waals surface area (Å²) in [7, 11) is 0. The van der Waals surface area contributed by atoms with E-state index in [0.29, 0.717) is 28.6 Å². The maximum atomic E-state index is 13.9. The summed E-state index contributed by atoms with van der Waals surface area (Å²) in [6.45, 7) is 3.96. The summed E-state index contributed by atoms with van der Waals surface area (Å²) in [5.41, 5.74) is 0.904. The maximum Gasteiger partial charge on any atom is 0.258 e. The predicted molar refractivity (Wildman–Crippen MR) is 81.7 cm³/mol. The molecule has 0 unspecified atom stereocenters. The van der Waals surface area contributed by atoms with Gasteiger partial charge in [-0.25, -0.2) is 4.39 Å². The van der Waals surface area contributed by atoms with Gasteiger partial charge in [0.2, 0.25) is 0 Å². The Balaban J connectivity index is 2.20. The van der Waals surface area contributed by atoms with Gasteiger partial charge < -0.3 is 10.1 Å². The van der Waals surface area contributed by atoms with Crippen LogP contribution in [0.1, 0.15) is 22.8 Å². The summed E-state index contributed by atoms with van der Waals surface area (Å²) in [5, 5.41) is 3.01. The average Bonchev–Trinajstić information content (AvgIpc) is 2.45. The Labute approximate surface area is 127 Å². The van der Waals surface area contributed by atoms with Crippen LogP contribution in [0.2, 0.25) is 5.02 Å². The largest absolute Gasteiger partial charge is 0.492 e. The molecule has 2 aromatic carbocycles. The zero-order valence-corrected chi connectivity index (χ0v) is 12.5. The SMILES string of the molecule is CCOc1ccc(NC(=O)c2cccc(C)c2F)cc1Cl. The molecule has 0 radical (unpaired) electrons.